The second-order valence-electron chi connectivity index (χ2n) is 10.2. The smallest absolute Gasteiger partial charge is 0.335 e. The highest BCUT2D eigenvalue weighted by atomic mass is 16.5. The van der Waals surface area contributed by atoms with Gasteiger partial charge in [0.15, 0.2) is 0 Å². The van der Waals surface area contributed by atoms with Crippen LogP contribution in [0.25, 0.3) is 44.5 Å². The molecule has 0 heterocycles. The minimum atomic E-state index is -0.468. The molecule has 0 unspecified atom stereocenters. The van der Waals surface area contributed by atoms with E-state index < -0.39 is 5.97 Å². The van der Waals surface area contributed by atoms with Gasteiger partial charge in [-0.15, -0.1) is 0 Å². The van der Waals surface area contributed by atoms with Gasteiger partial charge in [-0.05, 0) is 80.5 Å². The lowest BCUT2D eigenvalue weighted by atomic mass is 9.93. The summed E-state index contributed by atoms with van der Waals surface area (Å²) < 4.78 is 5.16. The molecule has 0 radical (unpaired) electrons. The normalized spacial score (nSPS) is 11.4. The number of benzene rings is 7. The molecule has 3 nitrogen and oxygen atoms in total. The lowest BCUT2D eigenvalue weighted by molar-refractivity contribution is -0.128. The van der Waals surface area contributed by atoms with Crippen molar-refractivity contribution in [3.63, 3.8) is 0 Å². The number of hydrogen-bond acceptors (Lipinski definition) is 3. The third-order valence-corrected chi connectivity index (χ3v) is 7.65. The van der Waals surface area contributed by atoms with Crippen molar-refractivity contribution < 1.29 is 9.53 Å². The summed E-state index contributed by atoms with van der Waals surface area (Å²) in [6.07, 6.45) is 5.28. The first-order valence-electron chi connectivity index (χ1n) is 13.9. The molecule has 3 heteroatoms. The van der Waals surface area contributed by atoms with Gasteiger partial charge in [0.1, 0.15) is 5.75 Å². The van der Waals surface area contributed by atoms with E-state index in [0.29, 0.717) is 5.75 Å². The van der Waals surface area contributed by atoms with Crippen molar-refractivity contribution in [2.24, 2.45) is 0 Å². The summed E-state index contributed by atoms with van der Waals surface area (Å²) in [6.45, 7) is 3.43. The maximum Gasteiger partial charge on any atom is 0.335 e. The molecule has 0 atom stereocenters. The molecule has 200 valence electrons. The number of hydrogen-bond donors (Lipinski definition) is 0. The zero-order valence-electron chi connectivity index (χ0n) is 22.9. The van der Waals surface area contributed by atoms with Crippen molar-refractivity contribution in [3.05, 3.63) is 157 Å². The average Bonchev–Trinajstić information content (AvgIpc) is 3.05. The predicted molar refractivity (Wildman–Crippen MR) is 176 cm³/mol. The highest BCUT2D eigenvalue weighted by Crippen LogP contribution is 2.43. The average molecular weight is 542 g/mol. The van der Waals surface area contributed by atoms with E-state index in [4.69, 9.17) is 4.74 Å². The lowest BCUT2D eigenvalue weighted by Crippen LogP contribution is -2.10. The number of esters is 1. The zero-order chi connectivity index (χ0) is 28.5. The Bertz CT molecular complexity index is 2060. The maximum atomic E-state index is 11.4. The fourth-order valence-electron chi connectivity index (χ4n) is 5.65. The van der Waals surface area contributed by atoms with Crippen LogP contribution in [0.3, 0.4) is 0 Å². The molecular weight excluding hydrogens is 514 g/mol. The van der Waals surface area contributed by atoms with Crippen molar-refractivity contribution in [2.45, 2.75) is 0 Å². The summed E-state index contributed by atoms with van der Waals surface area (Å²) in [4.78, 5) is 13.8. The molecule has 0 saturated carbocycles. The Labute approximate surface area is 244 Å². The van der Waals surface area contributed by atoms with Crippen LogP contribution in [-0.2, 0) is 4.79 Å². The fraction of sp³-hybridized carbons (Fsp3) is 0. The quantitative estimate of drug-likeness (QED) is 0.0661. The molecule has 7 aromatic rings. The van der Waals surface area contributed by atoms with Crippen LogP contribution in [0, 0.1) is 0 Å². The van der Waals surface area contributed by atoms with E-state index in [-0.39, 0.29) is 0 Å². The standard InChI is InChI=1S/C39H27NO2/c1-2-37(41)42-34-23-15-28(16-24-34)12-11-27-13-21-33(22-14-27)40(32-9-4-3-5-10-32)36-26-20-31-18-17-29-7-6-8-30-19-25-35(36)39(31)38(29)30/h2-26H,1H2/b12-11+. The number of para-hydroxylation sites is 1. The van der Waals surface area contributed by atoms with E-state index in [2.05, 4.69) is 127 Å². The van der Waals surface area contributed by atoms with Crippen LogP contribution in [0.1, 0.15) is 11.1 Å². The maximum absolute atomic E-state index is 11.4. The van der Waals surface area contributed by atoms with Crippen LogP contribution in [0.15, 0.2) is 146 Å². The van der Waals surface area contributed by atoms with Crippen LogP contribution >= 0.6 is 0 Å². The molecule has 0 aliphatic carbocycles. The molecule has 7 aromatic carbocycles. The first-order chi connectivity index (χ1) is 20.7. The summed E-state index contributed by atoms with van der Waals surface area (Å²) in [5, 5.41) is 7.61. The summed E-state index contributed by atoms with van der Waals surface area (Å²) in [7, 11) is 0. The Morgan fingerprint density at radius 2 is 1.14 bits per heavy atom. The number of rotatable bonds is 7. The van der Waals surface area contributed by atoms with E-state index >= 15 is 0 Å². The van der Waals surface area contributed by atoms with Gasteiger partial charge in [-0.3, -0.25) is 0 Å². The molecule has 42 heavy (non-hydrogen) atoms. The zero-order valence-corrected chi connectivity index (χ0v) is 22.9. The molecule has 0 aliphatic rings. The highest BCUT2D eigenvalue weighted by Gasteiger charge is 2.18. The summed E-state index contributed by atoms with van der Waals surface area (Å²) in [5.74, 6) is 0.0271. The van der Waals surface area contributed by atoms with Crippen LogP contribution in [0.4, 0.5) is 17.1 Å². The van der Waals surface area contributed by atoms with Crippen LogP contribution in [-0.4, -0.2) is 5.97 Å². The summed E-state index contributed by atoms with van der Waals surface area (Å²) in [5.41, 5.74) is 5.43. The molecule has 0 spiro atoms. The third-order valence-electron chi connectivity index (χ3n) is 7.65. The van der Waals surface area contributed by atoms with Crippen LogP contribution in [0.2, 0.25) is 0 Å². The van der Waals surface area contributed by atoms with Gasteiger partial charge in [-0.25, -0.2) is 4.79 Å². The summed E-state index contributed by atoms with van der Waals surface area (Å²) in [6, 6.07) is 46.5. The van der Waals surface area contributed by atoms with E-state index in [0.717, 1.165) is 34.3 Å². The second-order valence-corrected chi connectivity index (χ2v) is 10.2. The lowest BCUT2D eigenvalue weighted by Gasteiger charge is -2.27. The van der Waals surface area contributed by atoms with Gasteiger partial charge < -0.3 is 9.64 Å². The van der Waals surface area contributed by atoms with E-state index in [1.807, 2.05) is 18.2 Å². The molecule has 0 aromatic heterocycles. The van der Waals surface area contributed by atoms with Crippen molar-refractivity contribution >= 4 is 67.5 Å². The predicted octanol–water partition coefficient (Wildman–Crippen LogP) is 10.3. The number of nitrogens with zero attached hydrogens (tertiary/aromatic N) is 1. The van der Waals surface area contributed by atoms with Crippen molar-refractivity contribution in [1.82, 2.24) is 0 Å². The molecule has 0 N–H and O–H groups in total. The fourth-order valence-corrected chi connectivity index (χ4v) is 5.65. The first kappa shape index (κ1) is 25.3. The van der Waals surface area contributed by atoms with E-state index in [9.17, 15) is 4.79 Å². The first-order valence-corrected chi connectivity index (χ1v) is 13.9. The van der Waals surface area contributed by atoms with E-state index in [1.54, 1.807) is 12.1 Å². The van der Waals surface area contributed by atoms with Gasteiger partial charge in [-0.2, -0.15) is 0 Å². The van der Waals surface area contributed by atoms with Gasteiger partial charge >= 0.3 is 5.97 Å². The Hall–Kier alpha value is -5.67. The summed E-state index contributed by atoms with van der Waals surface area (Å²) >= 11 is 0. The Kier molecular flexibility index (Phi) is 6.46. The highest BCUT2D eigenvalue weighted by molar-refractivity contribution is 6.25. The molecule has 0 fully saturated rings. The van der Waals surface area contributed by atoms with Crippen molar-refractivity contribution in [3.8, 4) is 5.75 Å². The van der Waals surface area contributed by atoms with Crippen LogP contribution < -0.4 is 9.64 Å². The van der Waals surface area contributed by atoms with Crippen molar-refractivity contribution in [1.29, 1.82) is 0 Å². The molecule has 0 amide bonds. The van der Waals surface area contributed by atoms with Gasteiger partial charge in [0, 0.05) is 22.8 Å². The Morgan fingerprint density at radius 3 is 1.81 bits per heavy atom. The number of carbonyl (C=O) groups excluding carboxylic acids is 1. The van der Waals surface area contributed by atoms with Gasteiger partial charge in [0.2, 0.25) is 0 Å². The Balaban J connectivity index is 1.26. The molecule has 0 aliphatic heterocycles. The van der Waals surface area contributed by atoms with Crippen molar-refractivity contribution in [2.75, 3.05) is 4.90 Å². The van der Waals surface area contributed by atoms with Crippen LogP contribution in [0.5, 0.6) is 5.75 Å². The topological polar surface area (TPSA) is 29.5 Å². The third kappa shape index (κ3) is 4.67. The number of anilines is 3. The number of carbonyl (C=O) groups is 1. The number of ether oxygens (including phenoxy) is 1. The molecule has 0 saturated heterocycles. The Morgan fingerprint density at radius 1 is 0.571 bits per heavy atom. The minimum Gasteiger partial charge on any atom is -0.423 e. The molecule has 0 bridgehead atoms. The molecular formula is C39H27NO2. The SMILES string of the molecule is C=CC(=O)Oc1ccc(/C=C/c2ccc(N(c3ccccc3)c3ccc4ccc5cccc6ccc3c4c56)cc2)cc1. The minimum absolute atomic E-state index is 0.468. The molecule has 7 rings (SSSR count). The van der Waals surface area contributed by atoms with Gasteiger partial charge in [-0.1, -0.05) is 110 Å². The second kappa shape index (κ2) is 10.7. The monoisotopic (exact) mass is 541 g/mol. The van der Waals surface area contributed by atoms with Gasteiger partial charge in [0.25, 0.3) is 0 Å². The van der Waals surface area contributed by atoms with E-state index in [1.165, 1.54) is 32.3 Å². The largest absolute Gasteiger partial charge is 0.423 e. The van der Waals surface area contributed by atoms with Gasteiger partial charge in [0.05, 0.1) is 5.69 Å².